The molecular weight excluding hydrogens is 871 g/mol. The predicted molar refractivity (Wildman–Crippen MR) is 254 cm³/mol. The van der Waals surface area contributed by atoms with Gasteiger partial charge in [-0.3, -0.25) is 19.2 Å². The second-order valence-electron chi connectivity index (χ2n) is 19.4. The molecule has 0 saturated carbocycles. The van der Waals surface area contributed by atoms with Crippen LogP contribution in [0.25, 0.3) is 5.69 Å². The first-order valence-electron chi connectivity index (χ1n) is 24.1. The molecule has 3 aliphatic heterocycles. The molecule has 3 aliphatic rings. The average Bonchev–Trinajstić information content (AvgIpc) is 3.85. The number of aliphatic hydroxyl groups is 2. The quantitative estimate of drug-likeness (QED) is 0.189. The fourth-order valence-electron chi connectivity index (χ4n) is 9.65. The minimum Gasteiger partial charge on any atom is -0.460 e. The molecule has 5 rings (SSSR count). The highest BCUT2D eigenvalue weighted by Crippen LogP contribution is 2.37. The number of aryl methyl sites for hydroxylation is 1. The molecule has 1 aromatic carbocycles. The van der Waals surface area contributed by atoms with Crippen LogP contribution in [0, 0.1) is 36.5 Å². The summed E-state index contributed by atoms with van der Waals surface area (Å²) in [6.07, 6.45) is 11.4. The van der Waals surface area contributed by atoms with E-state index < -0.39 is 83.7 Å². The molecule has 0 spiro atoms. The van der Waals surface area contributed by atoms with Gasteiger partial charge in [0.1, 0.15) is 36.5 Å². The third-order valence-electron chi connectivity index (χ3n) is 14.0. The van der Waals surface area contributed by atoms with Crippen molar-refractivity contribution in [3.8, 4) is 5.69 Å². The number of cyclic esters (lactones) is 1. The molecule has 2 fully saturated rings. The van der Waals surface area contributed by atoms with Gasteiger partial charge in [0.2, 0.25) is 5.79 Å². The molecule has 68 heavy (non-hydrogen) atoms. The number of piperidine rings is 1. The normalized spacial score (nSPS) is 34.5. The van der Waals surface area contributed by atoms with Crippen LogP contribution >= 0.6 is 0 Å². The molecule has 5 unspecified atom stereocenters. The van der Waals surface area contributed by atoms with Gasteiger partial charge in [-0.15, -0.1) is 5.10 Å². The number of ether oxygens (including phenoxy) is 4. The van der Waals surface area contributed by atoms with Crippen molar-refractivity contribution in [3.05, 3.63) is 83.3 Å². The second-order valence-corrected chi connectivity index (χ2v) is 19.4. The summed E-state index contributed by atoms with van der Waals surface area (Å²) in [5.41, 5.74) is 3.84. The van der Waals surface area contributed by atoms with Crippen molar-refractivity contribution in [1.29, 1.82) is 0 Å². The number of ketones is 3. The van der Waals surface area contributed by atoms with Gasteiger partial charge in [0.25, 0.3) is 11.7 Å². The fourth-order valence-corrected chi connectivity index (χ4v) is 9.65. The highest BCUT2D eigenvalue weighted by atomic mass is 16.6. The molecule has 1 amide bonds. The maximum absolute atomic E-state index is 14.4. The number of aromatic nitrogens is 4. The Morgan fingerprint density at radius 3 is 2.35 bits per heavy atom. The maximum Gasteiger partial charge on any atom is 0.329 e. The van der Waals surface area contributed by atoms with Gasteiger partial charge in [-0.05, 0) is 116 Å². The van der Waals surface area contributed by atoms with E-state index in [0.29, 0.717) is 50.5 Å². The summed E-state index contributed by atoms with van der Waals surface area (Å²) in [5.74, 6) is -8.26. The predicted octanol–water partition coefficient (Wildman–Crippen LogP) is 6.14. The van der Waals surface area contributed by atoms with Gasteiger partial charge in [-0.25, -0.2) is 9.48 Å². The first-order valence-corrected chi connectivity index (χ1v) is 24.1. The summed E-state index contributed by atoms with van der Waals surface area (Å²) < 4.78 is 25.4. The Bertz CT molecular complexity index is 2200. The summed E-state index contributed by atoms with van der Waals surface area (Å²) in [6, 6.07) is 4.63. The van der Waals surface area contributed by atoms with Crippen LogP contribution < -0.4 is 0 Å². The Balaban J connectivity index is 1.49. The second kappa shape index (κ2) is 24.5. The Morgan fingerprint density at radius 1 is 0.926 bits per heavy atom. The molecule has 12 atom stereocenters. The summed E-state index contributed by atoms with van der Waals surface area (Å²) in [6.45, 7) is 14.6. The summed E-state index contributed by atoms with van der Waals surface area (Å²) in [7, 11) is 2.95. The fraction of sp³-hybridized carbons (Fsp3) is 0.615. The third kappa shape index (κ3) is 13.4. The monoisotopic (exact) mass is 944 g/mol. The van der Waals surface area contributed by atoms with E-state index in [2.05, 4.69) is 15.5 Å². The Labute approximate surface area is 401 Å². The number of carbonyl (C=O) groups is 5. The van der Waals surface area contributed by atoms with Gasteiger partial charge in [0.05, 0.1) is 17.9 Å². The lowest BCUT2D eigenvalue weighted by Gasteiger charge is -2.42. The largest absolute Gasteiger partial charge is 0.460 e. The number of hydrogen-bond donors (Lipinski definition) is 2. The number of esters is 1. The molecule has 0 radical (unpaired) electrons. The van der Waals surface area contributed by atoms with E-state index >= 15 is 0 Å². The number of methoxy groups -OCH3 is 2. The molecule has 16 nitrogen and oxygen atoms in total. The third-order valence-corrected chi connectivity index (χ3v) is 14.0. The number of tetrazole rings is 1. The molecule has 2 saturated heterocycles. The van der Waals surface area contributed by atoms with E-state index in [9.17, 15) is 34.2 Å². The van der Waals surface area contributed by atoms with Crippen LogP contribution in [-0.4, -0.2) is 128 Å². The standard InChI is InChI=1S/C52H73N5O11/c1-31-16-12-11-13-17-32(2)44(65-9)28-40-21-19-38(8)52(64,68-40)49(61)50(62)56-23-15-14-18-42(56)51(63)67-45(35(5)27-39-20-22-41(33(3)26-39)57-30-53-54-55-57)29-43(58)34(4)25-37(7)47(60)48(66-10)46(59)36(6)24-31/h11-13,16-17,20,22,25-26,30-31,34-36,38,40,42,44-45,47-48,60,64H,14-15,18-19,21,23-24,27-29H2,1-10H3/b13-11+,16-12+,32-17+,37-25+/t31-,34-,35-,36?,38?,40+,42?,44+,45+,47-,48?,52?/m1/s1. The number of Topliss-reactive ketones (excluding diaryl/α,β-unsaturated/α-hetero) is 3. The molecule has 2 bridgehead atoms. The van der Waals surface area contributed by atoms with Crippen LogP contribution in [-0.2, 0) is 49.3 Å². The van der Waals surface area contributed by atoms with E-state index in [4.69, 9.17) is 18.9 Å². The molecule has 372 valence electrons. The van der Waals surface area contributed by atoms with Crippen molar-refractivity contribution in [2.24, 2.45) is 29.6 Å². The van der Waals surface area contributed by atoms with E-state index in [1.165, 1.54) is 18.3 Å². The summed E-state index contributed by atoms with van der Waals surface area (Å²) >= 11 is 0. The molecule has 4 heterocycles. The van der Waals surface area contributed by atoms with Gasteiger partial charge in [0.15, 0.2) is 5.78 Å². The van der Waals surface area contributed by atoms with Crippen molar-refractivity contribution in [3.63, 3.8) is 0 Å². The van der Waals surface area contributed by atoms with E-state index in [1.807, 2.05) is 83.2 Å². The highest BCUT2D eigenvalue weighted by Gasteiger charge is 2.53. The number of rotatable bonds is 6. The minimum atomic E-state index is -2.44. The number of allylic oxidation sites excluding steroid dienone is 6. The number of nitrogens with zero attached hydrogens (tertiary/aromatic N) is 5. The van der Waals surface area contributed by atoms with Gasteiger partial charge in [-0.2, -0.15) is 0 Å². The molecule has 2 N–H and O–H groups in total. The first-order chi connectivity index (χ1) is 32.3. The molecule has 1 aromatic heterocycles. The van der Waals surface area contributed by atoms with E-state index in [1.54, 1.807) is 38.6 Å². The van der Waals surface area contributed by atoms with Gasteiger partial charge >= 0.3 is 5.97 Å². The topological polar surface area (TPSA) is 210 Å². The number of benzene rings is 1. The Hall–Kier alpha value is -5.00. The molecule has 0 aliphatic carbocycles. The van der Waals surface area contributed by atoms with Crippen molar-refractivity contribution < 1.29 is 53.1 Å². The van der Waals surface area contributed by atoms with Crippen LogP contribution in [0.3, 0.4) is 0 Å². The molecule has 16 heteroatoms. The van der Waals surface area contributed by atoms with Crippen molar-refractivity contribution in [2.75, 3.05) is 20.8 Å². The minimum absolute atomic E-state index is 0.0142. The van der Waals surface area contributed by atoms with Gasteiger partial charge < -0.3 is 34.1 Å². The first kappa shape index (κ1) is 53.9. The van der Waals surface area contributed by atoms with Crippen LogP contribution in [0.4, 0.5) is 0 Å². The lowest BCUT2D eigenvalue weighted by Crippen LogP contribution is -2.61. The lowest BCUT2D eigenvalue weighted by molar-refractivity contribution is -0.265. The zero-order valence-electron chi connectivity index (χ0n) is 41.5. The smallest absolute Gasteiger partial charge is 0.329 e. The van der Waals surface area contributed by atoms with Crippen molar-refractivity contribution in [2.45, 2.75) is 156 Å². The average molecular weight is 944 g/mol. The van der Waals surface area contributed by atoms with Crippen LogP contribution in [0.1, 0.15) is 111 Å². The highest BCUT2D eigenvalue weighted by molar-refractivity contribution is 6.39. The molecule has 2 aromatic rings. The SMILES string of the molecule is COC1C(=O)C(C)C[C@H](C)/C=C/C=C/C=C(\C)[C@@H](OC)C[C@@H]2CCC(C)C(O)(O2)C(=O)C(=O)N2CCCCC2C(=O)O[C@H]([C@H](C)Cc2ccc(-n3cnnn3)c(C)c2)CC(=O)[C@H](C)/C=C(\C)[C@H]1O. The van der Waals surface area contributed by atoms with Crippen LogP contribution in [0.2, 0.25) is 0 Å². The lowest BCUT2D eigenvalue weighted by atomic mass is 9.85. The van der Waals surface area contributed by atoms with Gasteiger partial charge in [0, 0.05) is 51.4 Å². The number of aliphatic hydroxyl groups excluding tert-OH is 1. The van der Waals surface area contributed by atoms with Crippen molar-refractivity contribution >= 4 is 29.2 Å². The van der Waals surface area contributed by atoms with E-state index in [-0.39, 0.29) is 36.9 Å². The maximum atomic E-state index is 14.4. The zero-order chi connectivity index (χ0) is 49.9. The van der Waals surface area contributed by atoms with E-state index in [0.717, 1.165) is 22.4 Å². The number of carbonyl (C=O) groups excluding carboxylic acids is 5. The van der Waals surface area contributed by atoms with Gasteiger partial charge in [-0.1, -0.05) is 83.2 Å². The van der Waals surface area contributed by atoms with Crippen molar-refractivity contribution in [1.82, 2.24) is 25.1 Å². The van der Waals surface area contributed by atoms with Crippen LogP contribution in [0.15, 0.2) is 72.1 Å². The summed E-state index contributed by atoms with van der Waals surface area (Å²) in [5, 5.41) is 34.9. The molecular formula is C52H73N5O11. The zero-order valence-corrected chi connectivity index (χ0v) is 41.5. The van der Waals surface area contributed by atoms with Crippen LogP contribution in [0.5, 0.6) is 0 Å². The number of fused-ring (bicyclic) bond motifs is 3. The number of amides is 1. The summed E-state index contributed by atoms with van der Waals surface area (Å²) in [4.78, 5) is 72.1. The Morgan fingerprint density at radius 2 is 1.68 bits per heavy atom. The number of hydrogen-bond acceptors (Lipinski definition) is 14. The Kier molecular flexibility index (Phi) is 19.5.